The molecule has 0 aliphatic carbocycles. The number of rotatable bonds is 6. The highest BCUT2D eigenvalue weighted by Gasteiger charge is 2.20. The van der Waals surface area contributed by atoms with Gasteiger partial charge in [0.2, 0.25) is 0 Å². The van der Waals surface area contributed by atoms with E-state index < -0.39 is 6.04 Å². The average Bonchev–Trinajstić information content (AvgIpc) is 3.86. The lowest BCUT2D eigenvalue weighted by Crippen LogP contribution is -2.00. The van der Waals surface area contributed by atoms with Gasteiger partial charge in [-0.1, -0.05) is 152 Å². The van der Waals surface area contributed by atoms with Gasteiger partial charge in [-0.25, -0.2) is 15.0 Å². The third-order valence-electron chi connectivity index (χ3n) is 10.3. The molecule has 0 fully saturated rings. The summed E-state index contributed by atoms with van der Waals surface area (Å²) in [6.07, 6.45) is 0. The van der Waals surface area contributed by atoms with Crippen LogP contribution in [0.15, 0.2) is 194 Å². The van der Waals surface area contributed by atoms with Crippen LogP contribution in [0.5, 0.6) is 0 Å². The Morgan fingerprint density at radius 3 is 1.88 bits per heavy atom. The third kappa shape index (κ3) is 5.40. The van der Waals surface area contributed by atoms with Crippen LogP contribution in [0.1, 0.15) is 6.85 Å². The monoisotopic (exact) mass is 737 g/mol. The predicted octanol–water partition coefficient (Wildman–Crippen LogP) is 13.7. The summed E-state index contributed by atoms with van der Waals surface area (Å²) < 4.78 is 47.2. The molecular formula is C51H32N4S. The molecule has 0 aliphatic heterocycles. The summed E-state index contributed by atoms with van der Waals surface area (Å²) in [5.74, 6) is 1.62. The van der Waals surface area contributed by atoms with E-state index in [1.807, 2.05) is 78.9 Å². The zero-order chi connectivity index (χ0) is 41.4. The molecule has 0 unspecified atom stereocenters. The number of aromatic nitrogens is 4. The van der Waals surface area contributed by atoms with Gasteiger partial charge in [-0.2, -0.15) is 0 Å². The normalized spacial score (nSPS) is 12.8. The van der Waals surface area contributed by atoms with Gasteiger partial charge >= 0.3 is 0 Å². The molecule has 0 aliphatic rings. The third-order valence-corrected chi connectivity index (χ3v) is 11.5. The minimum Gasteiger partial charge on any atom is -0.309 e. The van der Waals surface area contributed by atoms with Gasteiger partial charge in [-0.05, 0) is 59.2 Å². The molecule has 0 spiro atoms. The Bertz CT molecular complexity index is 3500. The highest BCUT2D eigenvalue weighted by atomic mass is 32.1. The minimum absolute atomic E-state index is 0.179. The van der Waals surface area contributed by atoms with Crippen LogP contribution in [0.2, 0.25) is 0 Å². The molecule has 3 heterocycles. The first kappa shape index (κ1) is 27.4. The van der Waals surface area contributed by atoms with Crippen LogP contribution in [-0.4, -0.2) is 19.5 Å². The first-order valence-electron chi connectivity index (χ1n) is 20.9. The van der Waals surface area contributed by atoms with Crippen LogP contribution in [0.4, 0.5) is 0 Å². The first-order valence-corrected chi connectivity index (χ1v) is 19.2. The Labute approximate surface area is 334 Å². The Kier molecular flexibility index (Phi) is 6.49. The molecular weight excluding hydrogens is 701 g/mol. The molecule has 3 aromatic heterocycles. The second kappa shape index (κ2) is 13.3. The largest absolute Gasteiger partial charge is 0.309 e. The quantitative estimate of drug-likeness (QED) is 0.171. The summed E-state index contributed by atoms with van der Waals surface area (Å²) in [7, 11) is 0. The van der Waals surface area contributed by atoms with Gasteiger partial charge in [0.25, 0.3) is 0 Å². The van der Waals surface area contributed by atoms with Crippen LogP contribution >= 0.6 is 11.3 Å². The van der Waals surface area contributed by atoms with Crippen molar-refractivity contribution < 1.29 is 6.85 Å². The molecule has 0 radical (unpaired) electrons. The van der Waals surface area contributed by atoms with Gasteiger partial charge < -0.3 is 4.57 Å². The summed E-state index contributed by atoms with van der Waals surface area (Å²) in [5, 5.41) is 4.05. The lowest BCUT2D eigenvalue weighted by atomic mass is 9.96. The van der Waals surface area contributed by atoms with E-state index in [1.165, 1.54) is 11.3 Å². The van der Waals surface area contributed by atoms with Crippen molar-refractivity contribution >= 4 is 53.3 Å². The van der Waals surface area contributed by atoms with Crippen molar-refractivity contribution in [2.24, 2.45) is 0 Å². The van der Waals surface area contributed by atoms with Crippen LogP contribution in [0, 0.1) is 0 Å². The molecule has 0 saturated heterocycles. The van der Waals surface area contributed by atoms with E-state index in [2.05, 4.69) is 89.5 Å². The van der Waals surface area contributed by atoms with Crippen molar-refractivity contribution in [1.82, 2.24) is 19.5 Å². The van der Waals surface area contributed by atoms with Crippen molar-refractivity contribution in [3.05, 3.63) is 194 Å². The molecule has 11 aromatic rings. The van der Waals surface area contributed by atoms with Gasteiger partial charge in [-0.15, -0.1) is 11.3 Å². The van der Waals surface area contributed by atoms with E-state index in [0.717, 1.165) is 75.5 Å². The Morgan fingerprint density at radius 1 is 0.429 bits per heavy atom. The highest BCUT2D eigenvalue weighted by Crippen LogP contribution is 2.44. The molecule has 0 saturated carbocycles. The van der Waals surface area contributed by atoms with Gasteiger partial charge in [0.05, 0.1) is 17.9 Å². The number of hydrogen-bond donors (Lipinski definition) is 0. The van der Waals surface area contributed by atoms with Crippen molar-refractivity contribution in [1.29, 1.82) is 0 Å². The van der Waals surface area contributed by atoms with Crippen molar-refractivity contribution in [2.75, 3.05) is 0 Å². The molecule has 0 bridgehead atoms. The number of thiophene rings is 1. The molecule has 8 aromatic carbocycles. The fraction of sp³-hybridized carbons (Fsp3) is 0. The molecule has 11 rings (SSSR count). The molecule has 0 N–H and O–H groups in total. The zero-order valence-corrected chi connectivity index (χ0v) is 30.6. The SMILES string of the molecule is [2H]c1c([2H])c([2H])c(-c2cc(-c3ccccc3)cc3c2sc2cc(-c4nc(-c5ccccc5)nc(-c5cccc6c5c5ccccc5n6-c5ccccc5)n4)ccc23)c([2H])c1[2H]. The van der Waals surface area contributed by atoms with E-state index in [4.69, 9.17) is 21.8 Å². The van der Waals surface area contributed by atoms with Gasteiger partial charge in [0.15, 0.2) is 17.5 Å². The van der Waals surface area contributed by atoms with Crippen LogP contribution < -0.4 is 0 Å². The summed E-state index contributed by atoms with van der Waals surface area (Å²) in [4.78, 5) is 15.5. The number of hydrogen-bond acceptors (Lipinski definition) is 4. The Hall–Kier alpha value is -7.21. The zero-order valence-electron chi connectivity index (χ0n) is 34.8. The molecule has 0 amide bonds. The second-order valence-electron chi connectivity index (χ2n) is 13.6. The number of fused-ring (bicyclic) bond motifs is 6. The maximum atomic E-state index is 8.93. The van der Waals surface area contributed by atoms with E-state index in [-0.39, 0.29) is 29.7 Å². The van der Waals surface area contributed by atoms with E-state index in [9.17, 15) is 0 Å². The molecule has 0 atom stereocenters. The Balaban J connectivity index is 1.14. The average molecular weight is 738 g/mol. The number of nitrogens with zero attached hydrogens (tertiary/aromatic N) is 4. The fourth-order valence-corrected chi connectivity index (χ4v) is 9.03. The van der Waals surface area contributed by atoms with Gasteiger partial charge in [-0.3, -0.25) is 0 Å². The smallest absolute Gasteiger partial charge is 0.164 e. The van der Waals surface area contributed by atoms with Crippen molar-refractivity contribution in [3.63, 3.8) is 0 Å². The van der Waals surface area contributed by atoms with Crippen LogP contribution in [0.25, 0.3) is 104 Å². The summed E-state index contributed by atoms with van der Waals surface area (Å²) in [6, 6.07) is 53.6. The fourth-order valence-electron chi connectivity index (χ4n) is 7.79. The molecule has 56 heavy (non-hydrogen) atoms. The number of benzene rings is 8. The summed E-state index contributed by atoms with van der Waals surface area (Å²) in [5.41, 5.74) is 8.37. The maximum Gasteiger partial charge on any atom is 0.164 e. The first-order chi connectivity index (χ1) is 29.8. The highest BCUT2D eigenvalue weighted by molar-refractivity contribution is 7.26. The van der Waals surface area contributed by atoms with E-state index >= 15 is 0 Å². The lowest BCUT2D eigenvalue weighted by molar-refractivity contribution is 1.08. The van der Waals surface area contributed by atoms with E-state index in [1.54, 1.807) is 0 Å². The van der Waals surface area contributed by atoms with Crippen LogP contribution in [-0.2, 0) is 0 Å². The van der Waals surface area contributed by atoms with Crippen molar-refractivity contribution in [3.8, 4) is 62.1 Å². The second-order valence-corrected chi connectivity index (χ2v) is 14.7. The topological polar surface area (TPSA) is 43.6 Å². The number of para-hydroxylation sites is 2. The standard InChI is InChI=1S/C51H32N4S/c1-5-16-33(17-6-1)37-30-42(34-18-7-2-8-19-34)48-43(31-37)39-29-28-36(32-46(39)56-48)50-52-49(35-20-9-3-10-21-35)53-51(54-50)41-25-15-27-45-47(41)40-24-13-14-26-44(40)55(45)38-22-11-4-12-23-38/h1-32H/i2D,7D,8D,18D,19D. The molecule has 4 nitrogen and oxygen atoms in total. The summed E-state index contributed by atoms with van der Waals surface area (Å²) in [6.45, 7) is 0. The van der Waals surface area contributed by atoms with E-state index in [0.29, 0.717) is 23.0 Å². The van der Waals surface area contributed by atoms with Crippen LogP contribution in [0.3, 0.4) is 0 Å². The summed E-state index contributed by atoms with van der Waals surface area (Å²) >= 11 is 1.52. The van der Waals surface area contributed by atoms with Gasteiger partial charge in [0.1, 0.15) is 0 Å². The lowest BCUT2D eigenvalue weighted by Gasteiger charge is -2.10. The Morgan fingerprint density at radius 2 is 1.09 bits per heavy atom. The van der Waals surface area contributed by atoms with Gasteiger partial charge in [0, 0.05) is 58.9 Å². The molecule has 5 heteroatoms. The van der Waals surface area contributed by atoms with Crippen molar-refractivity contribution in [2.45, 2.75) is 0 Å². The maximum absolute atomic E-state index is 8.93. The molecule has 262 valence electrons. The minimum atomic E-state index is -0.417. The predicted molar refractivity (Wildman–Crippen MR) is 234 cm³/mol.